The van der Waals surface area contributed by atoms with Gasteiger partial charge in [0.25, 0.3) is 0 Å². The van der Waals surface area contributed by atoms with E-state index in [2.05, 4.69) is 34.4 Å². The Kier molecular flexibility index (Phi) is 5.86. The number of hydrogen-bond donors (Lipinski definition) is 2. The number of hydrogen-bond acceptors (Lipinski definition) is 5. The van der Waals surface area contributed by atoms with Crippen LogP contribution in [-0.4, -0.2) is 62.7 Å². The lowest BCUT2D eigenvalue weighted by Gasteiger charge is -2.40. The summed E-state index contributed by atoms with van der Waals surface area (Å²) in [6.07, 6.45) is 2.13. The quantitative estimate of drug-likeness (QED) is 0.829. The fourth-order valence-corrected chi connectivity index (χ4v) is 3.34. The Morgan fingerprint density at radius 2 is 2.08 bits per heavy atom. The molecule has 1 aliphatic heterocycles. The zero-order valence-corrected chi connectivity index (χ0v) is 14.8. The van der Waals surface area contributed by atoms with E-state index in [1.807, 2.05) is 30.5 Å². The van der Waals surface area contributed by atoms with E-state index >= 15 is 0 Å². The van der Waals surface area contributed by atoms with Gasteiger partial charge < -0.3 is 19.5 Å². The van der Waals surface area contributed by atoms with Crippen molar-refractivity contribution < 1.29 is 14.9 Å². The van der Waals surface area contributed by atoms with Crippen LogP contribution < -0.4 is 0 Å². The van der Waals surface area contributed by atoms with Gasteiger partial charge in [0.15, 0.2) is 0 Å². The first-order chi connectivity index (χ1) is 12.1. The number of aromatic nitrogens is 2. The van der Waals surface area contributed by atoms with Crippen LogP contribution in [0, 0.1) is 5.92 Å². The van der Waals surface area contributed by atoms with Gasteiger partial charge in [-0.15, -0.1) is 0 Å². The second kappa shape index (κ2) is 8.10. The van der Waals surface area contributed by atoms with Gasteiger partial charge in [0.2, 0.25) is 0 Å². The normalized spacial score (nSPS) is 24.2. The van der Waals surface area contributed by atoms with Gasteiger partial charge >= 0.3 is 0 Å². The average Bonchev–Trinajstić information content (AvgIpc) is 3.05. The molecular weight excluding hydrogens is 318 g/mol. The highest BCUT2D eigenvalue weighted by Crippen LogP contribution is 2.21. The molecule has 2 aromatic heterocycles. The van der Waals surface area contributed by atoms with E-state index in [1.165, 1.54) is 0 Å². The van der Waals surface area contributed by atoms with Crippen LogP contribution in [0.4, 0.5) is 0 Å². The lowest BCUT2D eigenvalue weighted by atomic mass is 10.0. The maximum Gasteiger partial charge on any atom is 0.136 e. The zero-order chi connectivity index (χ0) is 17.8. The minimum Gasteiger partial charge on any atom is -0.389 e. The summed E-state index contributed by atoms with van der Waals surface area (Å²) in [5.41, 5.74) is 1.09. The van der Waals surface area contributed by atoms with E-state index in [9.17, 15) is 10.2 Å². The molecular formula is C19H27N3O3. The molecule has 1 aliphatic rings. The highest BCUT2D eigenvalue weighted by molar-refractivity contribution is 5.27. The van der Waals surface area contributed by atoms with E-state index in [1.54, 1.807) is 6.20 Å². The third kappa shape index (κ3) is 4.27. The maximum atomic E-state index is 10.4. The molecule has 6 nitrogen and oxygen atoms in total. The van der Waals surface area contributed by atoms with Crippen molar-refractivity contribution in [3.8, 4) is 5.82 Å². The molecule has 0 aliphatic carbocycles. The standard InChI is InChI=1S/C19H27N3O3/c1-14(2)10-21(16-12-25-13-17(23)19(16)24)11-15-6-5-9-22(15)18-7-3-4-8-20-18/h3-9,14,16-17,19,23-24H,10-13H2,1-2H3/t16-,17-,19+/m1/s1. The fraction of sp³-hybridized carbons (Fsp3) is 0.526. The Morgan fingerprint density at radius 3 is 2.80 bits per heavy atom. The number of aliphatic hydroxyl groups is 2. The van der Waals surface area contributed by atoms with Crippen LogP contribution in [0.3, 0.4) is 0 Å². The predicted molar refractivity (Wildman–Crippen MR) is 95.4 cm³/mol. The molecule has 0 unspecified atom stereocenters. The summed E-state index contributed by atoms with van der Waals surface area (Å²) < 4.78 is 7.55. The van der Waals surface area contributed by atoms with E-state index in [-0.39, 0.29) is 12.6 Å². The summed E-state index contributed by atoms with van der Waals surface area (Å²) in [6, 6.07) is 9.67. The van der Waals surface area contributed by atoms with Crippen LogP contribution in [0.5, 0.6) is 0 Å². The Hall–Kier alpha value is -1.73. The molecule has 136 valence electrons. The number of aliphatic hydroxyl groups excluding tert-OH is 2. The second-order valence-corrected chi connectivity index (χ2v) is 7.04. The zero-order valence-electron chi connectivity index (χ0n) is 14.8. The molecule has 0 spiro atoms. The van der Waals surface area contributed by atoms with Crippen molar-refractivity contribution in [3.05, 3.63) is 48.4 Å². The van der Waals surface area contributed by atoms with Gasteiger partial charge in [-0.2, -0.15) is 0 Å². The molecule has 1 fully saturated rings. The van der Waals surface area contributed by atoms with Gasteiger partial charge in [-0.1, -0.05) is 19.9 Å². The largest absolute Gasteiger partial charge is 0.389 e. The molecule has 0 bridgehead atoms. The third-order valence-corrected chi connectivity index (χ3v) is 4.53. The summed E-state index contributed by atoms with van der Waals surface area (Å²) in [6.45, 7) is 6.38. The van der Waals surface area contributed by atoms with Gasteiger partial charge in [0.05, 0.1) is 25.4 Å². The lowest BCUT2D eigenvalue weighted by Crippen LogP contribution is -2.56. The van der Waals surface area contributed by atoms with Crippen molar-refractivity contribution in [3.63, 3.8) is 0 Å². The fourth-order valence-electron chi connectivity index (χ4n) is 3.34. The molecule has 0 amide bonds. The molecule has 1 saturated heterocycles. The minimum absolute atomic E-state index is 0.192. The molecule has 0 aromatic carbocycles. The molecule has 6 heteroatoms. The molecule has 2 aromatic rings. The van der Waals surface area contributed by atoms with E-state index < -0.39 is 12.2 Å². The van der Waals surface area contributed by atoms with Crippen LogP contribution in [0.25, 0.3) is 5.82 Å². The van der Waals surface area contributed by atoms with Crippen LogP contribution in [0.15, 0.2) is 42.7 Å². The summed E-state index contributed by atoms with van der Waals surface area (Å²) in [5.74, 6) is 1.30. The van der Waals surface area contributed by atoms with Gasteiger partial charge in [0, 0.05) is 31.2 Å². The van der Waals surface area contributed by atoms with Gasteiger partial charge in [-0.3, -0.25) is 4.90 Å². The Morgan fingerprint density at radius 1 is 1.24 bits per heavy atom. The monoisotopic (exact) mass is 345 g/mol. The first-order valence-electron chi connectivity index (χ1n) is 8.82. The first-order valence-corrected chi connectivity index (χ1v) is 8.82. The van der Waals surface area contributed by atoms with Crippen molar-refractivity contribution in [1.29, 1.82) is 0 Å². The predicted octanol–water partition coefficient (Wildman–Crippen LogP) is 1.45. The van der Waals surface area contributed by atoms with Crippen molar-refractivity contribution in [2.45, 2.75) is 38.6 Å². The number of rotatable bonds is 6. The van der Waals surface area contributed by atoms with E-state index in [0.717, 1.165) is 18.1 Å². The maximum absolute atomic E-state index is 10.4. The topological polar surface area (TPSA) is 70.8 Å². The average molecular weight is 345 g/mol. The smallest absolute Gasteiger partial charge is 0.136 e. The van der Waals surface area contributed by atoms with Gasteiger partial charge in [-0.05, 0) is 30.2 Å². The number of pyridine rings is 1. The molecule has 3 rings (SSSR count). The summed E-state index contributed by atoms with van der Waals surface area (Å²) in [7, 11) is 0. The van der Waals surface area contributed by atoms with Gasteiger partial charge in [-0.25, -0.2) is 4.98 Å². The van der Waals surface area contributed by atoms with E-state index in [0.29, 0.717) is 19.1 Å². The third-order valence-electron chi connectivity index (χ3n) is 4.53. The number of nitrogens with zero attached hydrogens (tertiary/aromatic N) is 3. The summed E-state index contributed by atoms with van der Waals surface area (Å²) >= 11 is 0. The van der Waals surface area contributed by atoms with Gasteiger partial charge in [0.1, 0.15) is 11.9 Å². The summed E-state index contributed by atoms with van der Waals surface area (Å²) in [5, 5.41) is 20.4. The van der Waals surface area contributed by atoms with Crippen molar-refractivity contribution in [2.24, 2.45) is 5.92 Å². The SMILES string of the molecule is CC(C)CN(Cc1cccn1-c1ccccn1)[C@@H]1COC[C@@H](O)[C@H]1O. The number of ether oxygens (including phenoxy) is 1. The first kappa shape index (κ1) is 18.1. The summed E-state index contributed by atoms with van der Waals surface area (Å²) in [4.78, 5) is 6.62. The highest BCUT2D eigenvalue weighted by atomic mass is 16.5. The second-order valence-electron chi connectivity index (χ2n) is 7.04. The van der Waals surface area contributed by atoms with Crippen LogP contribution in [0.1, 0.15) is 19.5 Å². The molecule has 25 heavy (non-hydrogen) atoms. The molecule has 3 heterocycles. The molecule has 0 saturated carbocycles. The van der Waals surface area contributed by atoms with Crippen molar-refractivity contribution in [2.75, 3.05) is 19.8 Å². The molecule has 2 N–H and O–H groups in total. The van der Waals surface area contributed by atoms with Crippen LogP contribution >= 0.6 is 0 Å². The van der Waals surface area contributed by atoms with E-state index in [4.69, 9.17) is 4.74 Å². The minimum atomic E-state index is -0.837. The van der Waals surface area contributed by atoms with Crippen molar-refractivity contribution in [1.82, 2.24) is 14.5 Å². The van der Waals surface area contributed by atoms with Crippen molar-refractivity contribution >= 4 is 0 Å². The Bertz CT molecular complexity index is 659. The highest BCUT2D eigenvalue weighted by Gasteiger charge is 2.35. The Balaban J connectivity index is 1.83. The van der Waals surface area contributed by atoms with Crippen LogP contribution in [-0.2, 0) is 11.3 Å². The lowest BCUT2D eigenvalue weighted by molar-refractivity contribution is -0.135. The molecule has 3 atom stereocenters. The Labute approximate surface area is 148 Å². The van der Waals surface area contributed by atoms with Crippen LogP contribution in [0.2, 0.25) is 0 Å². The molecule has 0 radical (unpaired) electrons.